The van der Waals surface area contributed by atoms with Gasteiger partial charge in [-0.3, -0.25) is 0 Å². The molecule has 3 aromatic carbocycles. The van der Waals surface area contributed by atoms with Gasteiger partial charge in [-0.15, -0.1) is 0 Å². The van der Waals surface area contributed by atoms with Crippen LogP contribution in [0.25, 0.3) is 10.8 Å². The van der Waals surface area contributed by atoms with E-state index in [9.17, 15) is 0 Å². The van der Waals surface area contributed by atoms with Gasteiger partial charge in [0.2, 0.25) is 0 Å². The first-order valence-electron chi connectivity index (χ1n) is 6.39. The molecule has 0 aliphatic heterocycles. The maximum absolute atomic E-state index is 6.01. The lowest BCUT2D eigenvalue weighted by atomic mass is 10.1. The molecule has 3 aromatic rings. The van der Waals surface area contributed by atoms with Crippen LogP contribution >= 0.6 is 23.2 Å². The summed E-state index contributed by atoms with van der Waals surface area (Å²) in [6.45, 7) is 0.689. The maximum Gasteiger partial charge on any atom is 0.0424 e. The van der Waals surface area contributed by atoms with Gasteiger partial charge in [-0.1, -0.05) is 59.6 Å². The van der Waals surface area contributed by atoms with Crippen molar-refractivity contribution in [2.75, 3.05) is 5.32 Å². The van der Waals surface area contributed by atoms with Crippen LogP contribution < -0.4 is 5.32 Å². The van der Waals surface area contributed by atoms with Crippen molar-refractivity contribution in [3.8, 4) is 0 Å². The Morgan fingerprint density at radius 1 is 0.800 bits per heavy atom. The molecule has 3 rings (SSSR count). The van der Waals surface area contributed by atoms with Crippen LogP contribution in [-0.2, 0) is 6.54 Å². The Kier molecular flexibility index (Phi) is 3.81. The van der Waals surface area contributed by atoms with E-state index in [2.05, 4.69) is 35.6 Å². The molecule has 3 heteroatoms. The predicted octanol–water partition coefficient (Wildman–Crippen LogP) is 5.76. The lowest BCUT2D eigenvalue weighted by Gasteiger charge is -2.10. The van der Waals surface area contributed by atoms with Gasteiger partial charge in [0, 0.05) is 27.7 Å². The van der Waals surface area contributed by atoms with Crippen LogP contribution in [0.4, 0.5) is 5.69 Å². The van der Waals surface area contributed by atoms with Crippen molar-refractivity contribution in [1.29, 1.82) is 0 Å². The predicted molar refractivity (Wildman–Crippen MR) is 87.7 cm³/mol. The molecule has 100 valence electrons. The van der Waals surface area contributed by atoms with Gasteiger partial charge in [0.15, 0.2) is 0 Å². The van der Waals surface area contributed by atoms with Crippen LogP contribution in [0.15, 0.2) is 60.7 Å². The smallest absolute Gasteiger partial charge is 0.0424 e. The molecule has 0 fully saturated rings. The summed E-state index contributed by atoms with van der Waals surface area (Å²) in [6.07, 6.45) is 0. The molecular formula is C17H13Cl2N. The van der Waals surface area contributed by atoms with E-state index in [4.69, 9.17) is 23.2 Å². The second-order valence-corrected chi connectivity index (χ2v) is 5.53. The first kappa shape index (κ1) is 13.3. The molecule has 0 aromatic heterocycles. The van der Waals surface area contributed by atoms with Crippen molar-refractivity contribution in [3.05, 3.63) is 76.3 Å². The molecule has 0 bridgehead atoms. The normalized spacial score (nSPS) is 10.7. The van der Waals surface area contributed by atoms with Crippen LogP contribution in [-0.4, -0.2) is 0 Å². The van der Waals surface area contributed by atoms with Gasteiger partial charge in [0.25, 0.3) is 0 Å². The highest BCUT2D eigenvalue weighted by Gasteiger charge is 2.01. The number of benzene rings is 3. The van der Waals surface area contributed by atoms with Crippen molar-refractivity contribution in [3.63, 3.8) is 0 Å². The highest BCUT2D eigenvalue weighted by molar-refractivity contribution is 6.34. The van der Waals surface area contributed by atoms with Crippen LogP contribution in [0.5, 0.6) is 0 Å². The summed E-state index contributed by atoms with van der Waals surface area (Å²) in [5.74, 6) is 0. The fraction of sp³-hybridized carbons (Fsp3) is 0.0588. The van der Waals surface area contributed by atoms with E-state index < -0.39 is 0 Å². The van der Waals surface area contributed by atoms with E-state index in [1.165, 1.54) is 10.8 Å². The van der Waals surface area contributed by atoms with Crippen LogP contribution in [0, 0.1) is 0 Å². The third kappa shape index (κ3) is 2.90. The Morgan fingerprint density at radius 3 is 2.30 bits per heavy atom. The molecule has 1 nitrogen and oxygen atoms in total. The van der Waals surface area contributed by atoms with Crippen molar-refractivity contribution in [2.24, 2.45) is 0 Å². The molecule has 0 amide bonds. The summed E-state index contributed by atoms with van der Waals surface area (Å²) in [5.41, 5.74) is 2.18. The summed E-state index contributed by atoms with van der Waals surface area (Å²) in [4.78, 5) is 0. The van der Waals surface area contributed by atoms with Gasteiger partial charge in [0.1, 0.15) is 0 Å². The molecular weight excluding hydrogens is 289 g/mol. The van der Waals surface area contributed by atoms with E-state index in [-0.39, 0.29) is 0 Å². The van der Waals surface area contributed by atoms with E-state index in [0.29, 0.717) is 16.6 Å². The highest BCUT2D eigenvalue weighted by atomic mass is 35.5. The Bertz CT molecular complexity index is 727. The molecule has 0 spiro atoms. The highest BCUT2D eigenvalue weighted by Crippen LogP contribution is 2.24. The van der Waals surface area contributed by atoms with Gasteiger partial charge in [-0.25, -0.2) is 0 Å². The standard InChI is InChI=1S/C17H13Cl2N/c18-14-8-12(9-15(19)10-14)11-20-17-7-3-5-13-4-1-2-6-16(13)17/h1-10,20H,11H2. The second-order valence-electron chi connectivity index (χ2n) is 4.66. The van der Waals surface area contributed by atoms with Gasteiger partial charge in [-0.05, 0) is 35.2 Å². The zero-order valence-corrected chi connectivity index (χ0v) is 12.2. The fourth-order valence-corrected chi connectivity index (χ4v) is 2.86. The molecule has 0 radical (unpaired) electrons. The third-order valence-corrected chi connectivity index (χ3v) is 3.63. The minimum Gasteiger partial charge on any atom is -0.380 e. The summed E-state index contributed by atoms with van der Waals surface area (Å²) in [7, 11) is 0. The van der Waals surface area contributed by atoms with Gasteiger partial charge in [-0.2, -0.15) is 0 Å². The van der Waals surface area contributed by atoms with Gasteiger partial charge in [0.05, 0.1) is 0 Å². The monoisotopic (exact) mass is 301 g/mol. The van der Waals surface area contributed by atoms with Crippen LogP contribution in [0.2, 0.25) is 10.0 Å². The Morgan fingerprint density at radius 2 is 1.50 bits per heavy atom. The lowest BCUT2D eigenvalue weighted by molar-refractivity contribution is 1.15. The first-order chi connectivity index (χ1) is 9.72. The number of nitrogens with one attached hydrogen (secondary N) is 1. The van der Waals surface area contributed by atoms with Crippen LogP contribution in [0.1, 0.15) is 5.56 Å². The van der Waals surface area contributed by atoms with Crippen molar-refractivity contribution in [1.82, 2.24) is 0 Å². The molecule has 1 N–H and O–H groups in total. The fourth-order valence-electron chi connectivity index (χ4n) is 2.29. The molecule has 0 saturated heterocycles. The molecule has 20 heavy (non-hydrogen) atoms. The minimum atomic E-state index is 0.659. The maximum atomic E-state index is 6.01. The van der Waals surface area contributed by atoms with E-state index >= 15 is 0 Å². The number of hydrogen-bond donors (Lipinski definition) is 1. The van der Waals surface area contributed by atoms with Crippen molar-refractivity contribution < 1.29 is 0 Å². The van der Waals surface area contributed by atoms with E-state index in [0.717, 1.165) is 11.3 Å². The Hall–Kier alpha value is -1.70. The Balaban J connectivity index is 1.87. The average molecular weight is 302 g/mol. The van der Waals surface area contributed by atoms with Crippen LogP contribution in [0.3, 0.4) is 0 Å². The Labute approximate surface area is 128 Å². The molecule has 0 aliphatic rings. The molecule has 0 unspecified atom stereocenters. The van der Waals surface area contributed by atoms with Gasteiger partial charge >= 0.3 is 0 Å². The largest absolute Gasteiger partial charge is 0.380 e. The summed E-state index contributed by atoms with van der Waals surface area (Å²) in [5, 5.41) is 7.19. The van der Waals surface area contributed by atoms with E-state index in [1.807, 2.05) is 24.3 Å². The number of fused-ring (bicyclic) bond motifs is 1. The minimum absolute atomic E-state index is 0.659. The number of rotatable bonds is 3. The molecule has 0 aliphatic carbocycles. The third-order valence-electron chi connectivity index (χ3n) is 3.19. The summed E-state index contributed by atoms with van der Waals surface area (Å²) >= 11 is 12.0. The number of halogens is 2. The second kappa shape index (κ2) is 5.74. The number of hydrogen-bond acceptors (Lipinski definition) is 1. The van der Waals surface area contributed by atoms with E-state index in [1.54, 1.807) is 6.07 Å². The van der Waals surface area contributed by atoms with Crippen molar-refractivity contribution in [2.45, 2.75) is 6.54 Å². The molecule has 0 atom stereocenters. The molecule has 0 saturated carbocycles. The zero-order valence-electron chi connectivity index (χ0n) is 10.7. The van der Waals surface area contributed by atoms with Gasteiger partial charge < -0.3 is 5.32 Å². The quantitative estimate of drug-likeness (QED) is 0.648. The number of anilines is 1. The summed E-state index contributed by atoms with van der Waals surface area (Å²) in [6, 6.07) is 20.1. The summed E-state index contributed by atoms with van der Waals surface area (Å²) < 4.78 is 0. The molecule has 0 heterocycles. The average Bonchev–Trinajstić information content (AvgIpc) is 2.44. The lowest BCUT2D eigenvalue weighted by Crippen LogP contribution is -1.99. The zero-order chi connectivity index (χ0) is 13.9. The SMILES string of the molecule is Clc1cc(Cl)cc(CNc2cccc3ccccc23)c1. The van der Waals surface area contributed by atoms with Crippen molar-refractivity contribution >= 4 is 39.7 Å². The topological polar surface area (TPSA) is 12.0 Å². The first-order valence-corrected chi connectivity index (χ1v) is 7.14.